The third kappa shape index (κ3) is 6.34. The Morgan fingerprint density at radius 2 is 1.76 bits per heavy atom. The van der Waals surface area contributed by atoms with Crippen LogP contribution >= 0.6 is 0 Å². The van der Waals surface area contributed by atoms with Gasteiger partial charge in [0.1, 0.15) is 5.75 Å². The SMILES string of the molecule is CCOc1ccc(C2CCCN2C(=O)NCCCCN2CCN(CC)CC2)cc1. The first-order valence-electron chi connectivity index (χ1n) is 11.4. The molecule has 1 aromatic carbocycles. The van der Waals surface area contributed by atoms with Crippen molar-refractivity contribution in [3.05, 3.63) is 29.8 Å². The lowest BCUT2D eigenvalue weighted by atomic mass is 10.0. The number of nitrogens with one attached hydrogen (secondary N) is 1. The summed E-state index contributed by atoms with van der Waals surface area (Å²) in [7, 11) is 0. The van der Waals surface area contributed by atoms with Gasteiger partial charge in [0.15, 0.2) is 0 Å². The number of carbonyl (C=O) groups is 1. The molecule has 29 heavy (non-hydrogen) atoms. The molecule has 2 amide bonds. The highest BCUT2D eigenvalue weighted by atomic mass is 16.5. The quantitative estimate of drug-likeness (QED) is 0.644. The van der Waals surface area contributed by atoms with E-state index in [0.717, 1.165) is 57.6 Å². The van der Waals surface area contributed by atoms with E-state index < -0.39 is 0 Å². The van der Waals surface area contributed by atoms with Crippen molar-refractivity contribution >= 4 is 6.03 Å². The first-order chi connectivity index (χ1) is 14.2. The number of piperazine rings is 1. The number of urea groups is 1. The molecule has 6 nitrogen and oxygen atoms in total. The summed E-state index contributed by atoms with van der Waals surface area (Å²) >= 11 is 0. The molecule has 2 saturated heterocycles. The molecule has 0 aromatic heterocycles. The molecular weight excluding hydrogens is 364 g/mol. The van der Waals surface area contributed by atoms with Gasteiger partial charge >= 0.3 is 6.03 Å². The normalized spacial score (nSPS) is 20.8. The minimum atomic E-state index is 0.0814. The molecule has 3 rings (SSSR count). The van der Waals surface area contributed by atoms with Crippen LogP contribution in [-0.4, -0.2) is 79.7 Å². The Balaban J connectivity index is 1.36. The zero-order valence-corrected chi connectivity index (χ0v) is 18.2. The lowest BCUT2D eigenvalue weighted by Crippen LogP contribution is -2.46. The number of hydrogen-bond acceptors (Lipinski definition) is 4. The van der Waals surface area contributed by atoms with Crippen LogP contribution in [0.15, 0.2) is 24.3 Å². The van der Waals surface area contributed by atoms with E-state index in [-0.39, 0.29) is 12.1 Å². The molecular formula is C23H38N4O2. The monoisotopic (exact) mass is 402 g/mol. The molecule has 162 valence electrons. The third-order valence-corrected chi connectivity index (χ3v) is 6.18. The van der Waals surface area contributed by atoms with E-state index in [1.165, 1.54) is 31.7 Å². The van der Waals surface area contributed by atoms with Crippen LogP contribution in [-0.2, 0) is 0 Å². The van der Waals surface area contributed by atoms with Crippen LogP contribution in [0.25, 0.3) is 0 Å². The predicted molar refractivity (Wildman–Crippen MR) is 117 cm³/mol. The Labute approximate surface area is 176 Å². The standard InChI is InChI=1S/C23H38N4O2/c1-3-25-16-18-26(19-17-25)14-6-5-13-24-23(28)27-15-7-8-22(27)20-9-11-21(12-10-20)29-4-2/h9-12,22H,3-8,13-19H2,1-2H3,(H,24,28). The fourth-order valence-corrected chi connectivity index (χ4v) is 4.40. The van der Waals surface area contributed by atoms with Crippen molar-refractivity contribution in [2.45, 2.75) is 45.6 Å². The lowest BCUT2D eigenvalue weighted by Gasteiger charge is -2.34. The van der Waals surface area contributed by atoms with E-state index in [9.17, 15) is 4.79 Å². The van der Waals surface area contributed by atoms with E-state index in [1.807, 2.05) is 24.0 Å². The fraction of sp³-hybridized carbons (Fsp3) is 0.696. The van der Waals surface area contributed by atoms with Crippen molar-refractivity contribution in [3.8, 4) is 5.75 Å². The molecule has 0 spiro atoms. The molecule has 0 bridgehead atoms. The van der Waals surface area contributed by atoms with E-state index in [2.05, 4.69) is 34.2 Å². The maximum Gasteiger partial charge on any atom is 0.317 e. The number of rotatable bonds is 9. The Morgan fingerprint density at radius 3 is 2.45 bits per heavy atom. The molecule has 1 atom stereocenters. The second-order valence-electron chi connectivity index (χ2n) is 8.07. The molecule has 2 aliphatic rings. The second-order valence-corrected chi connectivity index (χ2v) is 8.07. The molecule has 2 fully saturated rings. The zero-order chi connectivity index (χ0) is 20.5. The molecule has 2 heterocycles. The van der Waals surface area contributed by atoms with Crippen molar-refractivity contribution in [1.82, 2.24) is 20.0 Å². The Bertz CT molecular complexity index is 614. The van der Waals surface area contributed by atoms with Gasteiger partial charge in [-0.05, 0) is 63.4 Å². The van der Waals surface area contributed by atoms with Crippen LogP contribution in [0.5, 0.6) is 5.75 Å². The van der Waals surface area contributed by atoms with Gasteiger partial charge in [-0.15, -0.1) is 0 Å². The van der Waals surface area contributed by atoms with E-state index in [4.69, 9.17) is 4.74 Å². The molecule has 1 aromatic rings. The van der Waals surface area contributed by atoms with Crippen molar-refractivity contribution in [1.29, 1.82) is 0 Å². The van der Waals surface area contributed by atoms with Gasteiger partial charge in [0.05, 0.1) is 12.6 Å². The summed E-state index contributed by atoms with van der Waals surface area (Å²) in [5.74, 6) is 0.890. The maximum atomic E-state index is 12.7. The largest absolute Gasteiger partial charge is 0.494 e. The smallest absolute Gasteiger partial charge is 0.317 e. The summed E-state index contributed by atoms with van der Waals surface area (Å²) in [5.41, 5.74) is 1.20. The summed E-state index contributed by atoms with van der Waals surface area (Å²) in [4.78, 5) is 19.8. The van der Waals surface area contributed by atoms with Crippen LogP contribution in [0.2, 0.25) is 0 Å². The lowest BCUT2D eigenvalue weighted by molar-refractivity contribution is 0.135. The number of ether oxygens (including phenoxy) is 1. The van der Waals surface area contributed by atoms with Crippen molar-refractivity contribution in [3.63, 3.8) is 0 Å². The van der Waals surface area contributed by atoms with Gasteiger partial charge < -0.3 is 24.8 Å². The van der Waals surface area contributed by atoms with Crippen molar-refractivity contribution < 1.29 is 9.53 Å². The van der Waals surface area contributed by atoms with E-state index in [0.29, 0.717) is 6.61 Å². The number of benzene rings is 1. The first kappa shape index (κ1) is 21.9. The molecule has 6 heteroatoms. The molecule has 0 aliphatic carbocycles. The topological polar surface area (TPSA) is 48.1 Å². The van der Waals surface area contributed by atoms with E-state index in [1.54, 1.807) is 0 Å². The number of unbranched alkanes of at least 4 members (excludes halogenated alkanes) is 1. The Hall–Kier alpha value is -1.79. The van der Waals surface area contributed by atoms with Gasteiger partial charge in [-0.3, -0.25) is 0 Å². The highest BCUT2D eigenvalue weighted by Crippen LogP contribution is 2.32. The van der Waals surface area contributed by atoms with Gasteiger partial charge in [-0.25, -0.2) is 4.79 Å². The average molecular weight is 403 g/mol. The van der Waals surface area contributed by atoms with Crippen LogP contribution in [0.4, 0.5) is 4.79 Å². The first-order valence-corrected chi connectivity index (χ1v) is 11.4. The highest BCUT2D eigenvalue weighted by Gasteiger charge is 2.29. The Kier molecular flexibility index (Phi) is 8.62. The van der Waals surface area contributed by atoms with Crippen LogP contribution in [0, 0.1) is 0 Å². The number of hydrogen-bond donors (Lipinski definition) is 1. The minimum absolute atomic E-state index is 0.0814. The van der Waals surface area contributed by atoms with Crippen LogP contribution in [0.3, 0.4) is 0 Å². The number of likely N-dealkylation sites (tertiary alicyclic amines) is 1. The number of carbonyl (C=O) groups excluding carboxylic acids is 1. The van der Waals surface area contributed by atoms with Crippen molar-refractivity contribution in [2.75, 3.05) is 59.0 Å². The molecule has 0 radical (unpaired) electrons. The molecule has 2 aliphatic heterocycles. The summed E-state index contributed by atoms with van der Waals surface area (Å²) < 4.78 is 5.53. The summed E-state index contributed by atoms with van der Waals surface area (Å²) in [6.07, 6.45) is 4.29. The van der Waals surface area contributed by atoms with Crippen molar-refractivity contribution in [2.24, 2.45) is 0 Å². The van der Waals surface area contributed by atoms with E-state index >= 15 is 0 Å². The number of nitrogens with zero attached hydrogens (tertiary/aromatic N) is 3. The second kappa shape index (κ2) is 11.4. The zero-order valence-electron chi connectivity index (χ0n) is 18.2. The Morgan fingerprint density at radius 1 is 1.03 bits per heavy atom. The summed E-state index contributed by atoms with van der Waals surface area (Å²) in [6.45, 7) is 13.5. The van der Waals surface area contributed by atoms with Gasteiger partial charge in [-0.1, -0.05) is 19.1 Å². The molecule has 1 unspecified atom stereocenters. The average Bonchev–Trinajstić information content (AvgIpc) is 3.25. The maximum absolute atomic E-state index is 12.7. The summed E-state index contributed by atoms with van der Waals surface area (Å²) in [6, 6.07) is 8.47. The number of likely N-dealkylation sites (N-methyl/N-ethyl adjacent to an activating group) is 1. The number of amides is 2. The van der Waals surface area contributed by atoms with Gasteiger partial charge in [-0.2, -0.15) is 0 Å². The molecule has 1 N–H and O–H groups in total. The third-order valence-electron chi connectivity index (χ3n) is 6.18. The highest BCUT2D eigenvalue weighted by molar-refractivity contribution is 5.75. The van der Waals surface area contributed by atoms with Gasteiger partial charge in [0.25, 0.3) is 0 Å². The molecule has 0 saturated carbocycles. The predicted octanol–water partition coefficient (Wildman–Crippen LogP) is 3.35. The van der Waals surface area contributed by atoms with Crippen LogP contribution in [0.1, 0.15) is 51.1 Å². The van der Waals surface area contributed by atoms with Crippen LogP contribution < -0.4 is 10.1 Å². The van der Waals surface area contributed by atoms with Gasteiger partial charge in [0, 0.05) is 39.3 Å². The fourth-order valence-electron chi connectivity index (χ4n) is 4.40. The summed E-state index contributed by atoms with van der Waals surface area (Å²) in [5, 5.41) is 3.15. The minimum Gasteiger partial charge on any atom is -0.494 e. The van der Waals surface area contributed by atoms with Gasteiger partial charge in [0.2, 0.25) is 0 Å².